The van der Waals surface area contributed by atoms with Crippen molar-refractivity contribution in [2.75, 3.05) is 13.2 Å². The maximum atomic E-state index is 11.3. The van der Waals surface area contributed by atoms with Gasteiger partial charge in [-0.05, 0) is 18.2 Å². The second-order valence-corrected chi connectivity index (χ2v) is 3.77. The highest BCUT2D eigenvalue weighted by molar-refractivity contribution is 6.30. The lowest BCUT2D eigenvalue weighted by Crippen LogP contribution is -2.29. The molecule has 4 nitrogen and oxygen atoms in total. The number of carbonyl (C=O) groups excluding carboxylic acids is 1. The lowest BCUT2D eigenvalue weighted by molar-refractivity contribution is -0.122. The fourth-order valence-electron chi connectivity index (χ4n) is 1.23. The Balaban J connectivity index is 2.56. The van der Waals surface area contributed by atoms with Gasteiger partial charge in [-0.2, -0.15) is 0 Å². The Labute approximate surface area is 105 Å². The van der Waals surface area contributed by atoms with Crippen LogP contribution in [0.4, 0.5) is 0 Å². The summed E-state index contributed by atoms with van der Waals surface area (Å²) in [6, 6.07) is 5.11. The average Bonchev–Trinajstić information content (AvgIpc) is 2.34. The van der Waals surface area contributed by atoms with Gasteiger partial charge in [0.05, 0.1) is 0 Å². The molecule has 92 valence electrons. The summed E-state index contributed by atoms with van der Waals surface area (Å²) in [7, 11) is 0. The monoisotopic (exact) mass is 254 g/mol. The number of ether oxygens (including phenoxy) is 1. The Morgan fingerprint density at radius 3 is 3.00 bits per heavy atom. The summed E-state index contributed by atoms with van der Waals surface area (Å²) in [5, 5.41) is 3.20. The molecule has 17 heavy (non-hydrogen) atoms. The van der Waals surface area contributed by atoms with Gasteiger partial charge < -0.3 is 15.8 Å². The first-order valence-corrected chi connectivity index (χ1v) is 5.54. The number of hydrogen-bond donors (Lipinski definition) is 2. The van der Waals surface area contributed by atoms with Gasteiger partial charge in [-0.25, -0.2) is 0 Å². The molecule has 0 aliphatic carbocycles. The summed E-state index contributed by atoms with van der Waals surface area (Å²) < 4.78 is 5.36. The summed E-state index contributed by atoms with van der Waals surface area (Å²) in [6.07, 6.45) is 1.60. The molecule has 0 radical (unpaired) electrons. The van der Waals surface area contributed by atoms with Gasteiger partial charge in [-0.1, -0.05) is 17.7 Å². The van der Waals surface area contributed by atoms with Gasteiger partial charge in [-0.3, -0.25) is 4.79 Å². The Hall–Kier alpha value is -1.52. The third-order valence-electron chi connectivity index (χ3n) is 2.04. The zero-order valence-electron chi connectivity index (χ0n) is 9.41. The van der Waals surface area contributed by atoms with Crippen molar-refractivity contribution in [1.29, 1.82) is 0 Å². The molecule has 0 aromatic heterocycles. The van der Waals surface area contributed by atoms with E-state index in [1.807, 2.05) is 0 Å². The molecule has 1 rings (SSSR count). The van der Waals surface area contributed by atoms with Crippen molar-refractivity contribution in [3.05, 3.63) is 41.4 Å². The van der Waals surface area contributed by atoms with Crippen LogP contribution in [0.5, 0.6) is 5.75 Å². The van der Waals surface area contributed by atoms with E-state index in [-0.39, 0.29) is 12.5 Å². The molecule has 0 aliphatic heterocycles. The zero-order chi connectivity index (χ0) is 12.7. The molecule has 0 saturated heterocycles. The lowest BCUT2D eigenvalue weighted by Gasteiger charge is -2.10. The van der Waals surface area contributed by atoms with Gasteiger partial charge in [0, 0.05) is 23.7 Å². The maximum Gasteiger partial charge on any atom is 0.258 e. The van der Waals surface area contributed by atoms with E-state index in [4.69, 9.17) is 22.1 Å². The SMILES string of the molecule is C=CCNC(=O)COc1ccc(Cl)cc1CN. The highest BCUT2D eigenvalue weighted by Gasteiger charge is 2.06. The summed E-state index contributed by atoms with van der Waals surface area (Å²) in [5.41, 5.74) is 6.33. The Morgan fingerprint density at radius 2 is 2.35 bits per heavy atom. The van der Waals surface area contributed by atoms with Crippen LogP contribution >= 0.6 is 11.6 Å². The molecule has 0 atom stereocenters. The highest BCUT2D eigenvalue weighted by atomic mass is 35.5. The maximum absolute atomic E-state index is 11.3. The van der Waals surface area contributed by atoms with Crippen molar-refractivity contribution in [2.24, 2.45) is 5.73 Å². The summed E-state index contributed by atoms with van der Waals surface area (Å²) in [6.45, 7) is 4.18. The van der Waals surface area contributed by atoms with Crippen LogP contribution in [-0.2, 0) is 11.3 Å². The highest BCUT2D eigenvalue weighted by Crippen LogP contribution is 2.22. The average molecular weight is 255 g/mol. The number of nitrogens with one attached hydrogen (secondary N) is 1. The largest absolute Gasteiger partial charge is 0.483 e. The molecule has 0 bridgehead atoms. The van der Waals surface area contributed by atoms with Crippen LogP contribution in [0, 0.1) is 0 Å². The number of hydrogen-bond acceptors (Lipinski definition) is 3. The molecule has 1 amide bonds. The van der Waals surface area contributed by atoms with E-state index in [1.165, 1.54) is 0 Å². The molecule has 3 N–H and O–H groups in total. The Bertz CT molecular complexity index is 407. The molecule has 0 unspecified atom stereocenters. The molecular formula is C12H15ClN2O2. The van der Waals surface area contributed by atoms with Crippen molar-refractivity contribution >= 4 is 17.5 Å². The minimum Gasteiger partial charge on any atom is -0.483 e. The van der Waals surface area contributed by atoms with Crippen LogP contribution < -0.4 is 15.8 Å². The fourth-order valence-corrected chi connectivity index (χ4v) is 1.42. The second-order valence-electron chi connectivity index (χ2n) is 3.34. The number of benzene rings is 1. The first-order valence-electron chi connectivity index (χ1n) is 5.16. The van der Waals surface area contributed by atoms with Gasteiger partial charge in [0.15, 0.2) is 6.61 Å². The van der Waals surface area contributed by atoms with Crippen molar-refractivity contribution in [3.8, 4) is 5.75 Å². The Morgan fingerprint density at radius 1 is 1.59 bits per heavy atom. The van der Waals surface area contributed by atoms with E-state index < -0.39 is 0 Å². The van der Waals surface area contributed by atoms with Gasteiger partial charge in [0.25, 0.3) is 5.91 Å². The molecule has 0 heterocycles. The molecule has 0 spiro atoms. The number of halogens is 1. The molecule has 0 fully saturated rings. The first-order chi connectivity index (χ1) is 8.17. The van der Waals surface area contributed by atoms with E-state index in [0.29, 0.717) is 23.9 Å². The van der Waals surface area contributed by atoms with Gasteiger partial charge in [0.1, 0.15) is 5.75 Å². The normalized spacial score (nSPS) is 9.76. The van der Waals surface area contributed by atoms with Crippen molar-refractivity contribution in [3.63, 3.8) is 0 Å². The predicted molar refractivity (Wildman–Crippen MR) is 68.0 cm³/mol. The topological polar surface area (TPSA) is 64.3 Å². The third-order valence-corrected chi connectivity index (χ3v) is 2.28. The minimum atomic E-state index is -0.206. The standard InChI is InChI=1S/C12H15ClN2O2/c1-2-5-15-12(16)8-17-11-4-3-10(13)6-9(11)7-14/h2-4,6H,1,5,7-8,14H2,(H,15,16). The van der Waals surface area contributed by atoms with Gasteiger partial charge in [-0.15, -0.1) is 6.58 Å². The van der Waals surface area contributed by atoms with E-state index in [2.05, 4.69) is 11.9 Å². The molecular weight excluding hydrogens is 240 g/mol. The summed E-state index contributed by atoms with van der Waals surface area (Å²) >= 11 is 5.83. The Kier molecular flexibility index (Phi) is 5.52. The van der Waals surface area contributed by atoms with Crippen LogP contribution in [0.1, 0.15) is 5.56 Å². The van der Waals surface area contributed by atoms with Crippen LogP contribution in [0.3, 0.4) is 0 Å². The molecule has 0 aliphatic rings. The van der Waals surface area contributed by atoms with Crippen molar-refractivity contribution in [1.82, 2.24) is 5.32 Å². The molecule has 0 saturated carbocycles. The number of rotatable bonds is 6. The van der Waals surface area contributed by atoms with E-state index >= 15 is 0 Å². The number of nitrogens with two attached hydrogens (primary N) is 1. The second kappa shape index (κ2) is 6.93. The van der Waals surface area contributed by atoms with E-state index in [1.54, 1.807) is 24.3 Å². The molecule has 1 aromatic carbocycles. The number of carbonyl (C=O) groups is 1. The summed E-state index contributed by atoms with van der Waals surface area (Å²) in [4.78, 5) is 11.3. The summed E-state index contributed by atoms with van der Waals surface area (Å²) in [5.74, 6) is 0.369. The predicted octanol–water partition coefficient (Wildman–Crippen LogP) is 1.48. The van der Waals surface area contributed by atoms with E-state index in [9.17, 15) is 4.79 Å². The van der Waals surface area contributed by atoms with Gasteiger partial charge in [0.2, 0.25) is 0 Å². The minimum absolute atomic E-state index is 0.0531. The quantitative estimate of drug-likeness (QED) is 0.756. The van der Waals surface area contributed by atoms with Crippen molar-refractivity contribution < 1.29 is 9.53 Å². The molecule has 5 heteroatoms. The van der Waals surface area contributed by atoms with Crippen molar-refractivity contribution in [2.45, 2.75) is 6.54 Å². The van der Waals surface area contributed by atoms with Crippen LogP contribution in [-0.4, -0.2) is 19.1 Å². The lowest BCUT2D eigenvalue weighted by atomic mass is 10.2. The van der Waals surface area contributed by atoms with Crippen LogP contribution in [0.25, 0.3) is 0 Å². The molecule has 1 aromatic rings. The van der Waals surface area contributed by atoms with Gasteiger partial charge >= 0.3 is 0 Å². The number of amides is 1. The third kappa shape index (κ3) is 4.46. The fraction of sp³-hybridized carbons (Fsp3) is 0.250. The first kappa shape index (κ1) is 13.5. The zero-order valence-corrected chi connectivity index (χ0v) is 10.2. The van der Waals surface area contributed by atoms with Crippen LogP contribution in [0.2, 0.25) is 5.02 Å². The van der Waals surface area contributed by atoms with Crippen LogP contribution in [0.15, 0.2) is 30.9 Å². The van der Waals surface area contributed by atoms with E-state index in [0.717, 1.165) is 5.56 Å². The smallest absolute Gasteiger partial charge is 0.258 e.